The lowest BCUT2D eigenvalue weighted by atomic mass is 9.87. The molecule has 0 aliphatic heterocycles. The van der Waals surface area contributed by atoms with Crippen LogP contribution in [0.3, 0.4) is 0 Å². The van der Waals surface area contributed by atoms with Gasteiger partial charge < -0.3 is 16.2 Å². The molecule has 1 amide bonds. The Balaban J connectivity index is 1.82. The molecule has 4 heteroatoms. The first-order valence-corrected chi connectivity index (χ1v) is 7.33. The molecule has 4 N–H and O–H groups in total. The Morgan fingerprint density at radius 1 is 1.30 bits per heavy atom. The Kier molecular flexibility index (Phi) is 5.15. The molecule has 1 aromatic carbocycles. The van der Waals surface area contributed by atoms with Gasteiger partial charge in [-0.1, -0.05) is 43.2 Å². The highest BCUT2D eigenvalue weighted by molar-refractivity contribution is 5.81. The Morgan fingerprint density at radius 3 is 2.55 bits per heavy atom. The van der Waals surface area contributed by atoms with Gasteiger partial charge in [0.2, 0.25) is 5.91 Å². The minimum atomic E-state index is -0.533. The number of carbonyl (C=O) groups is 1. The van der Waals surface area contributed by atoms with Gasteiger partial charge in [-0.05, 0) is 24.8 Å². The fraction of sp³-hybridized carbons (Fsp3) is 0.562. The van der Waals surface area contributed by atoms with Gasteiger partial charge in [-0.2, -0.15) is 0 Å². The van der Waals surface area contributed by atoms with Crippen molar-refractivity contribution in [2.24, 2.45) is 11.1 Å². The predicted octanol–water partition coefficient (Wildman–Crippen LogP) is 1.23. The Bertz CT molecular complexity index is 427. The topological polar surface area (TPSA) is 75.4 Å². The number of hydrogen-bond donors (Lipinski definition) is 3. The van der Waals surface area contributed by atoms with E-state index in [4.69, 9.17) is 5.73 Å². The first-order valence-electron chi connectivity index (χ1n) is 7.33. The van der Waals surface area contributed by atoms with E-state index in [9.17, 15) is 9.90 Å². The maximum Gasteiger partial charge on any atom is 0.237 e. The van der Waals surface area contributed by atoms with Crippen molar-refractivity contribution in [3.8, 4) is 0 Å². The van der Waals surface area contributed by atoms with Gasteiger partial charge in [0.1, 0.15) is 0 Å². The molecule has 0 saturated heterocycles. The standard InChI is InChI=1S/C16H24N2O2/c17-14(10-13-6-2-1-3-7-13)15(20)18-11-16(12-19)8-4-5-9-16/h1-3,6-7,14,19H,4-5,8-12,17H2,(H,18,20)/t14-/m1/s1. The van der Waals surface area contributed by atoms with Gasteiger partial charge in [0.25, 0.3) is 0 Å². The van der Waals surface area contributed by atoms with Crippen LogP contribution in [0.15, 0.2) is 30.3 Å². The first-order chi connectivity index (χ1) is 9.65. The first kappa shape index (κ1) is 15.0. The lowest BCUT2D eigenvalue weighted by molar-refractivity contribution is -0.123. The number of benzene rings is 1. The predicted molar refractivity (Wildman–Crippen MR) is 79.1 cm³/mol. The van der Waals surface area contributed by atoms with Gasteiger partial charge in [0.05, 0.1) is 12.6 Å². The minimum absolute atomic E-state index is 0.123. The van der Waals surface area contributed by atoms with E-state index < -0.39 is 6.04 Å². The summed E-state index contributed by atoms with van der Waals surface area (Å²) in [5, 5.41) is 12.4. The summed E-state index contributed by atoms with van der Waals surface area (Å²) in [5.41, 5.74) is 6.88. The van der Waals surface area contributed by atoms with Gasteiger partial charge in [-0.15, -0.1) is 0 Å². The molecule has 0 unspecified atom stereocenters. The zero-order chi connectivity index (χ0) is 14.4. The molecule has 1 aliphatic carbocycles. The Hall–Kier alpha value is -1.39. The van der Waals surface area contributed by atoms with E-state index in [0.29, 0.717) is 13.0 Å². The maximum atomic E-state index is 12.0. The van der Waals surface area contributed by atoms with E-state index in [0.717, 1.165) is 31.2 Å². The second-order valence-electron chi connectivity index (χ2n) is 5.88. The second-order valence-corrected chi connectivity index (χ2v) is 5.88. The third-order valence-electron chi connectivity index (χ3n) is 4.27. The molecule has 1 aromatic rings. The Morgan fingerprint density at radius 2 is 1.95 bits per heavy atom. The SMILES string of the molecule is N[C@H](Cc1ccccc1)C(=O)NCC1(CO)CCCC1. The smallest absolute Gasteiger partial charge is 0.237 e. The quantitative estimate of drug-likeness (QED) is 0.731. The molecule has 0 bridgehead atoms. The summed E-state index contributed by atoms with van der Waals surface area (Å²) in [4.78, 5) is 12.0. The number of nitrogens with one attached hydrogen (secondary N) is 1. The van der Waals surface area contributed by atoms with Crippen LogP contribution >= 0.6 is 0 Å². The van der Waals surface area contributed by atoms with E-state index in [2.05, 4.69) is 5.32 Å². The lowest BCUT2D eigenvalue weighted by Crippen LogP contribution is -2.46. The van der Waals surface area contributed by atoms with Crippen LogP contribution in [-0.2, 0) is 11.2 Å². The second kappa shape index (κ2) is 6.86. The number of hydrogen-bond acceptors (Lipinski definition) is 3. The van der Waals surface area contributed by atoms with Gasteiger partial charge in [0.15, 0.2) is 0 Å². The monoisotopic (exact) mass is 276 g/mol. The lowest BCUT2D eigenvalue weighted by Gasteiger charge is -2.27. The summed E-state index contributed by atoms with van der Waals surface area (Å²) in [7, 11) is 0. The van der Waals surface area contributed by atoms with Crippen LogP contribution in [0.2, 0.25) is 0 Å². The maximum absolute atomic E-state index is 12.0. The van der Waals surface area contributed by atoms with Crippen molar-refractivity contribution in [3.05, 3.63) is 35.9 Å². The van der Waals surface area contributed by atoms with Crippen LogP contribution in [0.1, 0.15) is 31.2 Å². The third-order valence-corrected chi connectivity index (χ3v) is 4.27. The molecule has 110 valence electrons. The molecule has 0 radical (unpaired) electrons. The van der Waals surface area contributed by atoms with E-state index in [-0.39, 0.29) is 17.9 Å². The molecule has 1 aliphatic rings. The summed E-state index contributed by atoms with van der Waals surface area (Å²) in [6.07, 6.45) is 4.77. The molecule has 1 fully saturated rings. The minimum Gasteiger partial charge on any atom is -0.396 e. The van der Waals surface area contributed by atoms with Crippen molar-refractivity contribution in [1.82, 2.24) is 5.32 Å². The van der Waals surface area contributed by atoms with Gasteiger partial charge in [0, 0.05) is 12.0 Å². The number of aliphatic hydroxyl groups is 1. The molecule has 0 spiro atoms. The van der Waals surface area contributed by atoms with Crippen LogP contribution in [0.5, 0.6) is 0 Å². The van der Waals surface area contributed by atoms with Crippen LogP contribution in [-0.4, -0.2) is 30.2 Å². The van der Waals surface area contributed by atoms with Crippen molar-refractivity contribution in [2.45, 2.75) is 38.1 Å². The van der Waals surface area contributed by atoms with E-state index in [1.807, 2.05) is 30.3 Å². The van der Waals surface area contributed by atoms with Crippen LogP contribution in [0, 0.1) is 5.41 Å². The molecule has 0 aromatic heterocycles. The summed E-state index contributed by atoms with van der Waals surface area (Å²) in [5.74, 6) is -0.131. The average Bonchev–Trinajstić information content (AvgIpc) is 2.95. The highest BCUT2D eigenvalue weighted by atomic mass is 16.3. The van der Waals surface area contributed by atoms with Gasteiger partial charge in [-0.3, -0.25) is 4.79 Å². The summed E-state index contributed by atoms with van der Waals surface area (Å²) >= 11 is 0. The summed E-state index contributed by atoms with van der Waals surface area (Å²) < 4.78 is 0. The Labute approximate surface area is 120 Å². The summed E-state index contributed by atoms with van der Waals surface area (Å²) in [6.45, 7) is 0.673. The number of rotatable bonds is 6. The average molecular weight is 276 g/mol. The highest BCUT2D eigenvalue weighted by Gasteiger charge is 2.33. The van der Waals surface area contributed by atoms with Crippen molar-refractivity contribution in [2.75, 3.05) is 13.2 Å². The van der Waals surface area contributed by atoms with Crippen LogP contribution in [0.4, 0.5) is 0 Å². The van der Waals surface area contributed by atoms with Crippen molar-refractivity contribution in [1.29, 1.82) is 0 Å². The fourth-order valence-corrected chi connectivity index (χ4v) is 2.88. The zero-order valence-corrected chi connectivity index (χ0v) is 11.8. The fourth-order valence-electron chi connectivity index (χ4n) is 2.88. The largest absolute Gasteiger partial charge is 0.396 e. The molecule has 0 heterocycles. The van der Waals surface area contributed by atoms with Crippen LogP contribution < -0.4 is 11.1 Å². The van der Waals surface area contributed by atoms with Crippen molar-refractivity contribution in [3.63, 3.8) is 0 Å². The van der Waals surface area contributed by atoms with Crippen molar-refractivity contribution >= 4 is 5.91 Å². The number of nitrogens with two attached hydrogens (primary N) is 1. The molecule has 1 saturated carbocycles. The van der Waals surface area contributed by atoms with Crippen LogP contribution in [0.25, 0.3) is 0 Å². The molecule has 2 rings (SSSR count). The van der Waals surface area contributed by atoms with Crippen molar-refractivity contribution < 1.29 is 9.90 Å². The van der Waals surface area contributed by atoms with Gasteiger partial charge in [-0.25, -0.2) is 0 Å². The number of carbonyl (C=O) groups excluding carboxylic acids is 1. The zero-order valence-electron chi connectivity index (χ0n) is 11.8. The van der Waals surface area contributed by atoms with E-state index in [1.165, 1.54) is 0 Å². The third kappa shape index (κ3) is 3.81. The number of aliphatic hydroxyl groups excluding tert-OH is 1. The normalized spacial score (nSPS) is 18.7. The van der Waals surface area contributed by atoms with Gasteiger partial charge >= 0.3 is 0 Å². The number of amides is 1. The summed E-state index contributed by atoms with van der Waals surface area (Å²) in [6, 6.07) is 9.24. The molecule has 4 nitrogen and oxygen atoms in total. The molecular weight excluding hydrogens is 252 g/mol. The van der Waals surface area contributed by atoms with E-state index in [1.54, 1.807) is 0 Å². The molecular formula is C16H24N2O2. The molecule has 20 heavy (non-hydrogen) atoms. The molecule has 1 atom stereocenters. The highest BCUT2D eigenvalue weighted by Crippen LogP contribution is 2.36. The van der Waals surface area contributed by atoms with E-state index >= 15 is 0 Å².